The molecule has 0 aliphatic rings. The third-order valence-electron chi connectivity index (χ3n) is 4.43. The zero-order valence-corrected chi connectivity index (χ0v) is 17.0. The van der Waals surface area contributed by atoms with Crippen LogP contribution >= 0.6 is 0 Å². The SMILES string of the molecule is CC(O)CO.CCCCCCCCC(CCCCCCCC)C(=O)O. The van der Waals surface area contributed by atoms with Crippen LogP contribution in [0, 0.1) is 5.92 Å². The second kappa shape index (κ2) is 21.4. The minimum Gasteiger partial charge on any atom is -0.481 e. The Kier molecular flexibility index (Phi) is 22.8. The Hall–Kier alpha value is -0.610. The molecule has 0 spiro atoms. The van der Waals surface area contributed by atoms with E-state index in [-0.39, 0.29) is 12.5 Å². The van der Waals surface area contributed by atoms with E-state index in [1.54, 1.807) is 0 Å². The summed E-state index contributed by atoms with van der Waals surface area (Å²) in [5, 5.41) is 25.3. The topological polar surface area (TPSA) is 77.8 Å². The van der Waals surface area contributed by atoms with Crippen LogP contribution in [-0.2, 0) is 4.79 Å². The van der Waals surface area contributed by atoms with Gasteiger partial charge in [-0.25, -0.2) is 0 Å². The number of carboxylic acids is 1. The van der Waals surface area contributed by atoms with E-state index in [1.165, 1.54) is 71.1 Å². The standard InChI is InChI=1S/C18H36O2.C3H8O2/c1-3-5-7-9-11-13-15-17(18(19)20)16-14-12-10-8-6-4-2;1-3(5)2-4/h17H,3-16H2,1-2H3,(H,19,20);3-5H,2H2,1H3. The Labute approximate surface area is 156 Å². The van der Waals surface area contributed by atoms with Gasteiger partial charge in [-0.2, -0.15) is 0 Å². The Morgan fingerprint density at radius 1 is 0.760 bits per heavy atom. The van der Waals surface area contributed by atoms with Crippen molar-refractivity contribution in [2.24, 2.45) is 5.92 Å². The van der Waals surface area contributed by atoms with E-state index in [0.717, 1.165) is 25.7 Å². The summed E-state index contributed by atoms with van der Waals surface area (Å²) < 4.78 is 0. The van der Waals surface area contributed by atoms with Crippen molar-refractivity contribution in [3.63, 3.8) is 0 Å². The second-order valence-corrected chi connectivity index (χ2v) is 7.18. The van der Waals surface area contributed by atoms with E-state index >= 15 is 0 Å². The van der Waals surface area contributed by atoms with Crippen LogP contribution in [0.2, 0.25) is 0 Å². The summed E-state index contributed by atoms with van der Waals surface area (Å²) >= 11 is 0. The van der Waals surface area contributed by atoms with E-state index in [0.29, 0.717) is 0 Å². The molecular formula is C21H44O4. The molecule has 3 N–H and O–H groups in total. The number of carboxylic acid groups (broad SMARTS) is 1. The van der Waals surface area contributed by atoms with Crippen molar-refractivity contribution < 1.29 is 20.1 Å². The quantitative estimate of drug-likeness (QED) is 0.315. The van der Waals surface area contributed by atoms with E-state index in [4.69, 9.17) is 10.2 Å². The molecule has 1 atom stereocenters. The van der Waals surface area contributed by atoms with Crippen LogP contribution in [0.4, 0.5) is 0 Å². The first-order valence-electron chi connectivity index (χ1n) is 10.5. The lowest BCUT2D eigenvalue weighted by molar-refractivity contribution is -0.142. The van der Waals surface area contributed by atoms with Gasteiger partial charge in [0.15, 0.2) is 0 Å². The first kappa shape index (κ1) is 26.6. The molecule has 0 rings (SSSR count). The van der Waals surface area contributed by atoms with Crippen molar-refractivity contribution in [1.82, 2.24) is 0 Å². The molecular weight excluding hydrogens is 316 g/mol. The van der Waals surface area contributed by atoms with Crippen LogP contribution in [0.3, 0.4) is 0 Å². The Bertz CT molecular complexity index is 251. The molecule has 0 aromatic heterocycles. The highest BCUT2D eigenvalue weighted by atomic mass is 16.4. The number of rotatable bonds is 16. The summed E-state index contributed by atoms with van der Waals surface area (Å²) in [6, 6.07) is 0. The zero-order valence-electron chi connectivity index (χ0n) is 17.0. The molecule has 1 unspecified atom stereocenters. The lowest BCUT2D eigenvalue weighted by Gasteiger charge is -2.12. The number of carbonyl (C=O) groups is 1. The van der Waals surface area contributed by atoms with Crippen molar-refractivity contribution in [1.29, 1.82) is 0 Å². The minimum atomic E-state index is -0.577. The van der Waals surface area contributed by atoms with Gasteiger partial charge in [-0.15, -0.1) is 0 Å². The van der Waals surface area contributed by atoms with Gasteiger partial charge in [-0.3, -0.25) is 4.79 Å². The van der Waals surface area contributed by atoms with Gasteiger partial charge < -0.3 is 15.3 Å². The second-order valence-electron chi connectivity index (χ2n) is 7.18. The van der Waals surface area contributed by atoms with Gasteiger partial charge in [-0.05, 0) is 19.8 Å². The molecule has 152 valence electrons. The van der Waals surface area contributed by atoms with E-state index in [9.17, 15) is 9.90 Å². The predicted molar refractivity (Wildman–Crippen MR) is 106 cm³/mol. The predicted octanol–water partition coefficient (Wildman–Crippen LogP) is 5.55. The van der Waals surface area contributed by atoms with Gasteiger partial charge in [-0.1, -0.05) is 90.9 Å². The smallest absolute Gasteiger partial charge is 0.306 e. The van der Waals surface area contributed by atoms with Crippen LogP contribution < -0.4 is 0 Å². The van der Waals surface area contributed by atoms with Gasteiger partial charge in [0.2, 0.25) is 0 Å². The monoisotopic (exact) mass is 360 g/mol. The molecule has 0 bridgehead atoms. The summed E-state index contributed by atoms with van der Waals surface area (Å²) in [5.41, 5.74) is 0. The normalized spacial score (nSPS) is 11.9. The summed E-state index contributed by atoms with van der Waals surface area (Å²) in [5.74, 6) is -0.667. The molecule has 0 aromatic rings. The zero-order chi connectivity index (χ0) is 19.3. The van der Waals surface area contributed by atoms with Crippen LogP contribution in [0.1, 0.15) is 111 Å². The highest BCUT2D eigenvalue weighted by Crippen LogP contribution is 2.19. The van der Waals surface area contributed by atoms with Crippen LogP contribution in [0.5, 0.6) is 0 Å². The Morgan fingerprint density at radius 2 is 1.08 bits per heavy atom. The van der Waals surface area contributed by atoms with Crippen molar-refractivity contribution in [3.05, 3.63) is 0 Å². The summed E-state index contributed by atoms with van der Waals surface area (Å²) in [4.78, 5) is 11.2. The maximum atomic E-state index is 11.2. The molecule has 4 nitrogen and oxygen atoms in total. The first-order valence-corrected chi connectivity index (χ1v) is 10.5. The van der Waals surface area contributed by atoms with Crippen molar-refractivity contribution >= 4 is 5.97 Å². The average molecular weight is 361 g/mol. The average Bonchev–Trinajstić information content (AvgIpc) is 2.59. The van der Waals surface area contributed by atoms with Crippen molar-refractivity contribution in [2.75, 3.05) is 6.61 Å². The lowest BCUT2D eigenvalue weighted by Crippen LogP contribution is -2.13. The number of aliphatic hydroxyl groups excluding tert-OH is 2. The third-order valence-corrected chi connectivity index (χ3v) is 4.43. The number of hydrogen-bond donors (Lipinski definition) is 3. The van der Waals surface area contributed by atoms with Crippen LogP contribution in [0.15, 0.2) is 0 Å². The highest BCUT2D eigenvalue weighted by molar-refractivity contribution is 5.69. The molecule has 0 saturated heterocycles. The maximum absolute atomic E-state index is 11.2. The molecule has 0 aliphatic heterocycles. The molecule has 0 heterocycles. The number of aliphatic hydroxyl groups is 2. The Morgan fingerprint density at radius 3 is 1.36 bits per heavy atom. The first-order chi connectivity index (χ1) is 12.0. The fraction of sp³-hybridized carbons (Fsp3) is 0.952. The van der Waals surface area contributed by atoms with Crippen LogP contribution in [-0.4, -0.2) is 34.0 Å². The van der Waals surface area contributed by atoms with E-state index in [2.05, 4.69) is 13.8 Å². The molecule has 25 heavy (non-hydrogen) atoms. The van der Waals surface area contributed by atoms with Gasteiger partial charge in [0.25, 0.3) is 0 Å². The number of unbranched alkanes of at least 4 members (excludes halogenated alkanes) is 10. The molecule has 0 aliphatic carbocycles. The third kappa shape index (κ3) is 23.4. The molecule has 0 aromatic carbocycles. The minimum absolute atomic E-state index is 0.0904. The molecule has 0 amide bonds. The van der Waals surface area contributed by atoms with Gasteiger partial charge in [0.05, 0.1) is 18.6 Å². The van der Waals surface area contributed by atoms with Crippen molar-refractivity contribution in [2.45, 2.75) is 117 Å². The maximum Gasteiger partial charge on any atom is 0.306 e. The molecule has 0 fully saturated rings. The van der Waals surface area contributed by atoms with E-state index in [1.807, 2.05) is 0 Å². The summed E-state index contributed by atoms with van der Waals surface area (Å²) in [6.45, 7) is 5.84. The van der Waals surface area contributed by atoms with E-state index < -0.39 is 12.1 Å². The Balaban J connectivity index is 0. The fourth-order valence-electron chi connectivity index (χ4n) is 2.73. The fourth-order valence-corrected chi connectivity index (χ4v) is 2.73. The largest absolute Gasteiger partial charge is 0.481 e. The van der Waals surface area contributed by atoms with Gasteiger partial charge >= 0.3 is 5.97 Å². The summed E-state index contributed by atoms with van der Waals surface area (Å²) in [7, 11) is 0. The number of aliphatic carboxylic acids is 1. The summed E-state index contributed by atoms with van der Waals surface area (Å²) in [6.07, 6.45) is 16.2. The van der Waals surface area contributed by atoms with Crippen molar-refractivity contribution in [3.8, 4) is 0 Å². The van der Waals surface area contributed by atoms with Gasteiger partial charge in [0.1, 0.15) is 0 Å². The number of hydrogen-bond acceptors (Lipinski definition) is 3. The molecule has 4 heteroatoms. The highest BCUT2D eigenvalue weighted by Gasteiger charge is 2.16. The van der Waals surface area contributed by atoms with Crippen LogP contribution in [0.25, 0.3) is 0 Å². The molecule has 0 radical (unpaired) electrons. The lowest BCUT2D eigenvalue weighted by atomic mass is 9.94. The molecule has 0 saturated carbocycles. The van der Waals surface area contributed by atoms with Gasteiger partial charge in [0, 0.05) is 0 Å².